The molecule has 0 bridgehead atoms. The molecule has 0 aliphatic carbocycles. The molecule has 2 aromatic heterocycles. The minimum absolute atomic E-state index is 0.315. The molecule has 2 N–H and O–H groups in total. The van der Waals surface area contributed by atoms with Gasteiger partial charge in [-0.05, 0) is 55.8 Å². The lowest BCUT2D eigenvalue weighted by Gasteiger charge is -2.31. The molecule has 0 spiro atoms. The van der Waals surface area contributed by atoms with E-state index < -0.39 is 0 Å². The highest BCUT2D eigenvalue weighted by Gasteiger charge is 2.29. The Hall–Kier alpha value is -3.49. The number of rotatable bonds is 5. The third kappa shape index (κ3) is 7.17. The fraction of sp³-hybridized carbons (Fsp3) is 0.469. The molecule has 0 radical (unpaired) electrons. The van der Waals surface area contributed by atoms with E-state index in [1.165, 1.54) is 12.0 Å². The normalized spacial score (nSPS) is 16.1. The van der Waals surface area contributed by atoms with E-state index in [1.54, 1.807) is 0 Å². The van der Waals surface area contributed by atoms with Crippen molar-refractivity contribution in [2.75, 3.05) is 50.0 Å². The van der Waals surface area contributed by atoms with Crippen LogP contribution in [0.4, 0.5) is 11.5 Å². The largest absolute Gasteiger partial charge is 0.399 e. The summed E-state index contributed by atoms with van der Waals surface area (Å²) in [6.07, 6.45) is 3.31. The third-order valence-electron chi connectivity index (χ3n) is 7.03. The van der Waals surface area contributed by atoms with Crippen LogP contribution in [0.3, 0.4) is 0 Å². The molecule has 8 nitrogen and oxygen atoms in total. The molecule has 4 aromatic rings. The van der Waals surface area contributed by atoms with E-state index in [-0.39, 0.29) is 0 Å². The Morgan fingerprint density at radius 3 is 2.17 bits per heavy atom. The third-order valence-corrected chi connectivity index (χ3v) is 7.03. The first-order valence-corrected chi connectivity index (χ1v) is 14.8. The van der Waals surface area contributed by atoms with Gasteiger partial charge in [0, 0.05) is 36.8 Å². The Kier molecular flexibility index (Phi) is 10.9. The summed E-state index contributed by atoms with van der Waals surface area (Å²) in [7, 11) is 0. The van der Waals surface area contributed by atoms with Gasteiger partial charge in [0.1, 0.15) is 11.2 Å². The predicted octanol–water partition coefficient (Wildman–Crippen LogP) is 6.53. The molecule has 0 unspecified atom stereocenters. The number of fused-ring (bicyclic) bond motifs is 1. The lowest BCUT2D eigenvalue weighted by Crippen LogP contribution is -2.37. The van der Waals surface area contributed by atoms with Crippen LogP contribution in [0.1, 0.15) is 64.1 Å². The monoisotopic (exact) mass is 544 g/mol. The molecule has 40 heavy (non-hydrogen) atoms. The van der Waals surface area contributed by atoms with E-state index in [0.717, 1.165) is 73.8 Å². The van der Waals surface area contributed by atoms with Crippen molar-refractivity contribution in [3.8, 4) is 11.4 Å². The Balaban J connectivity index is 0.000000695. The number of hydrogen-bond donors (Lipinski definition) is 1. The van der Waals surface area contributed by atoms with E-state index in [1.807, 2.05) is 38.1 Å². The smallest absolute Gasteiger partial charge is 0.227 e. The number of hydrogen-bond acceptors (Lipinski definition) is 8. The van der Waals surface area contributed by atoms with Crippen LogP contribution in [0.5, 0.6) is 0 Å². The summed E-state index contributed by atoms with van der Waals surface area (Å²) in [5.41, 5.74) is 11.4. The van der Waals surface area contributed by atoms with Gasteiger partial charge in [-0.3, -0.25) is 4.90 Å². The van der Waals surface area contributed by atoms with Crippen molar-refractivity contribution in [1.82, 2.24) is 20.0 Å². The van der Waals surface area contributed by atoms with Crippen molar-refractivity contribution in [3.05, 3.63) is 65.9 Å². The molecule has 2 aliphatic rings. The number of anilines is 2. The highest BCUT2D eigenvalue weighted by molar-refractivity contribution is 5.88. The highest BCUT2D eigenvalue weighted by atomic mass is 16.5. The number of aromatic nitrogens is 3. The Labute approximate surface area is 238 Å². The maximum absolute atomic E-state index is 5.93. The number of nitrogens with two attached hydrogens (primary N) is 1. The Bertz CT molecular complexity index is 1290. The zero-order valence-electron chi connectivity index (χ0n) is 24.5. The van der Waals surface area contributed by atoms with Gasteiger partial charge in [0.05, 0.1) is 13.2 Å². The molecule has 0 amide bonds. The standard InChI is InChI=1S/C27H30N6O2.C3H8.C2H6/c28-22-8-6-21(7-9-22)26-29-24-23(31-35-25(24)27(30-26)33-14-16-34-17-15-33)20-10-12-32(13-11-20)18-19-4-2-1-3-5-19;1-3-2;1-2/h1-9,20H,10-18,28H2;3H2,1-2H3;1-2H3. The number of nitrogens with zero attached hydrogens (tertiary/aromatic N) is 5. The molecule has 2 fully saturated rings. The number of likely N-dealkylation sites (tertiary alicyclic amines) is 1. The lowest BCUT2D eigenvalue weighted by molar-refractivity contribution is 0.122. The van der Waals surface area contributed by atoms with Gasteiger partial charge < -0.3 is 19.9 Å². The summed E-state index contributed by atoms with van der Waals surface area (Å²) in [4.78, 5) is 14.6. The van der Waals surface area contributed by atoms with Gasteiger partial charge in [-0.15, -0.1) is 0 Å². The van der Waals surface area contributed by atoms with Crippen molar-refractivity contribution in [2.24, 2.45) is 0 Å². The van der Waals surface area contributed by atoms with E-state index in [0.29, 0.717) is 30.5 Å². The Morgan fingerprint density at radius 2 is 1.52 bits per heavy atom. The van der Waals surface area contributed by atoms with Crippen molar-refractivity contribution < 1.29 is 9.26 Å². The Morgan fingerprint density at radius 1 is 0.875 bits per heavy atom. The highest BCUT2D eigenvalue weighted by Crippen LogP contribution is 2.36. The number of piperidine rings is 1. The second-order valence-electron chi connectivity index (χ2n) is 10.1. The minimum Gasteiger partial charge on any atom is -0.399 e. The van der Waals surface area contributed by atoms with E-state index in [2.05, 4.69) is 59.1 Å². The topological polar surface area (TPSA) is 93.5 Å². The van der Waals surface area contributed by atoms with Crippen LogP contribution in [-0.4, -0.2) is 59.4 Å². The molecule has 0 atom stereocenters. The fourth-order valence-corrected chi connectivity index (χ4v) is 5.06. The predicted molar refractivity (Wildman–Crippen MR) is 163 cm³/mol. The molecule has 2 saturated heterocycles. The quantitative estimate of drug-likeness (QED) is 0.284. The van der Waals surface area contributed by atoms with Crippen LogP contribution in [0, 0.1) is 0 Å². The van der Waals surface area contributed by atoms with E-state index in [9.17, 15) is 0 Å². The summed E-state index contributed by atoms with van der Waals surface area (Å²) < 4.78 is 11.5. The zero-order valence-corrected chi connectivity index (χ0v) is 24.5. The van der Waals surface area contributed by atoms with Crippen LogP contribution in [0.2, 0.25) is 0 Å². The lowest BCUT2D eigenvalue weighted by atomic mass is 9.92. The van der Waals surface area contributed by atoms with Crippen LogP contribution in [0.15, 0.2) is 59.1 Å². The molecule has 8 heteroatoms. The van der Waals surface area contributed by atoms with Gasteiger partial charge in [-0.2, -0.15) is 0 Å². The number of ether oxygens (including phenoxy) is 1. The summed E-state index contributed by atoms with van der Waals surface area (Å²) in [5.74, 6) is 1.78. The zero-order chi connectivity index (χ0) is 28.3. The van der Waals surface area contributed by atoms with Crippen LogP contribution in [0.25, 0.3) is 22.5 Å². The van der Waals surface area contributed by atoms with Crippen LogP contribution < -0.4 is 10.6 Å². The minimum atomic E-state index is 0.315. The summed E-state index contributed by atoms with van der Waals surface area (Å²) in [5, 5.41) is 4.56. The maximum atomic E-state index is 5.93. The van der Waals surface area contributed by atoms with Gasteiger partial charge in [-0.25, -0.2) is 9.97 Å². The molecule has 2 aromatic carbocycles. The van der Waals surface area contributed by atoms with E-state index >= 15 is 0 Å². The molecular formula is C32H44N6O2. The van der Waals surface area contributed by atoms with Crippen LogP contribution >= 0.6 is 0 Å². The summed E-state index contributed by atoms with van der Waals surface area (Å²) in [6, 6.07) is 18.4. The maximum Gasteiger partial charge on any atom is 0.227 e. The first-order valence-electron chi connectivity index (χ1n) is 14.8. The first-order chi connectivity index (χ1) is 19.7. The number of benzene rings is 2. The average Bonchev–Trinajstić information content (AvgIpc) is 3.44. The van der Waals surface area contributed by atoms with Crippen molar-refractivity contribution in [1.29, 1.82) is 0 Å². The second kappa shape index (κ2) is 14.8. The summed E-state index contributed by atoms with van der Waals surface area (Å²) >= 11 is 0. The van der Waals surface area contributed by atoms with Crippen molar-refractivity contribution in [3.63, 3.8) is 0 Å². The van der Waals surface area contributed by atoms with Gasteiger partial charge in [0.25, 0.3) is 0 Å². The van der Waals surface area contributed by atoms with Crippen molar-refractivity contribution in [2.45, 2.75) is 59.4 Å². The molecule has 214 valence electrons. The SMILES string of the molecule is CC.CCC.Nc1ccc(-c2nc(N3CCOCC3)c3onc(C4CCN(Cc5ccccc5)CC4)c3n2)cc1. The molecular weight excluding hydrogens is 500 g/mol. The van der Waals surface area contributed by atoms with Gasteiger partial charge >= 0.3 is 0 Å². The number of nitrogen functional groups attached to an aromatic ring is 1. The molecule has 4 heterocycles. The fourth-order valence-electron chi connectivity index (χ4n) is 5.06. The van der Waals surface area contributed by atoms with Gasteiger partial charge in [0.2, 0.25) is 5.58 Å². The summed E-state index contributed by atoms with van der Waals surface area (Å²) in [6.45, 7) is 14.2. The molecule has 6 rings (SSSR count). The van der Waals surface area contributed by atoms with Crippen LogP contribution in [-0.2, 0) is 11.3 Å². The second-order valence-corrected chi connectivity index (χ2v) is 10.1. The molecule has 2 aliphatic heterocycles. The van der Waals surface area contributed by atoms with Gasteiger partial charge in [0.15, 0.2) is 11.6 Å². The number of morpholine rings is 1. The van der Waals surface area contributed by atoms with Gasteiger partial charge in [-0.1, -0.05) is 69.6 Å². The average molecular weight is 545 g/mol. The first kappa shape index (κ1) is 29.5. The van der Waals surface area contributed by atoms with Crippen molar-refractivity contribution >= 4 is 22.6 Å². The van der Waals surface area contributed by atoms with E-state index in [4.69, 9.17) is 25.0 Å². The molecule has 0 saturated carbocycles.